The molecule has 8 heteroatoms. The second-order valence-corrected chi connectivity index (χ2v) is 8.51. The minimum Gasteiger partial charge on any atom is -0.367 e. The highest BCUT2D eigenvalue weighted by Crippen LogP contribution is 2.85. The third-order valence-electron chi connectivity index (χ3n) is 7.12. The molecule has 30 heavy (non-hydrogen) atoms. The second kappa shape index (κ2) is 5.33. The number of hydrogen-bond acceptors (Lipinski definition) is 7. The van der Waals surface area contributed by atoms with E-state index in [-0.39, 0.29) is 17.5 Å². The van der Waals surface area contributed by atoms with Crippen LogP contribution < -0.4 is 10.5 Å². The van der Waals surface area contributed by atoms with Gasteiger partial charge in [-0.2, -0.15) is 4.98 Å². The zero-order chi connectivity index (χ0) is 20.0. The van der Waals surface area contributed by atoms with Crippen molar-refractivity contribution >= 4 is 16.7 Å². The molecule has 4 aromatic rings. The van der Waals surface area contributed by atoms with Crippen molar-refractivity contribution in [1.82, 2.24) is 24.7 Å². The molecule has 1 unspecified atom stereocenters. The predicted molar refractivity (Wildman–Crippen MR) is 108 cm³/mol. The number of aromatic nitrogens is 5. The van der Waals surface area contributed by atoms with E-state index in [1.54, 1.807) is 6.20 Å². The molecular weight excluding hydrogens is 380 g/mol. The molecule has 5 heterocycles. The Morgan fingerprint density at radius 3 is 2.90 bits per heavy atom. The summed E-state index contributed by atoms with van der Waals surface area (Å²) in [6.45, 7) is 3.14. The molecule has 4 aliphatic rings. The Kier molecular flexibility index (Phi) is 2.89. The molecule has 2 aliphatic carbocycles. The standard InChI is InChI=1S/C22H18N6O2/c1-12-7-8-23-19-16(12)20(29)27(11-24-19)10-15-25-21(26-30-15)22-14-9-28(18(22)17(14)22)13-5-3-2-4-6-13/h2-8,11,14,17-18H,9-10H2,1H3/t14-,17-,18?,22+/m1/s1. The van der Waals surface area contributed by atoms with Crippen molar-refractivity contribution in [1.29, 1.82) is 0 Å². The van der Waals surface area contributed by atoms with Gasteiger partial charge in [0.1, 0.15) is 12.9 Å². The van der Waals surface area contributed by atoms with Crippen LogP contribution in [-0.2, 0) is 12.0 Å². The van der Waals surface area contributed by atoms with Crippen LogP contribution in [0, 0.1) is 18.8 Å². The molecule has 2 bridgehead atoms. The van der Waals surface area contributed by atoms with E-state index in [9.17, 15) is 4.79 Å². The first-order chi connectivity index (χ1) is 14.7. The number of rotatable bonds is 4. The van der Waals surface area contributed by atoms with Gasteiger partial charge in [-0.05, 0) is 36.6 Å². The minimum absolute atomic E-state index is 0.0463. The maximum Gasteiger partial charge on any atom is 0.263 e. The Morgan fingerprint density at radius 2 is 2.07 bits per heavy atom. The molecule has 0 amide bonds. The normalized spacial score (nSPS) is 28.0. The van der Waals surface area contributed by atoms with Crippen molar-refractivity contribution in [3.05, 3.63) is 76.6 Å². The summed E-state index contributed by atoms with van der Waals surface area (Å²) in [5, 5.41) is 4.83. The second-order valence-electron chi connectivity index (χ2n) is 8.51. The van der Waals surface area contributed by atoms with E-state index in [2.05, 4.69) is 49.3 Å². The molecule has 1 aromatic carbocycles. The highest BCUT2D eigenvalue weighted by atomic mass is 16.5. The lowest BCUT2D eigenvalue weighted by molar-refractivity contribution is 0.362. The molecule has 148 valence electrons. The van der Waals surface area contributed by atoms with Gasteiger partial charge in [-0.15, -0.1) is 0 Å². The molecular formula is C22H18N6O2. The number of anilines is 1. The summed E-state index contributed by atoms with van der Waals surface area (Å²) in [6.07, 6.45) is 3.16. The number of para-hydroxylation sites is 1. The van der Waals surface area contributed by atoms with Crippen LogP contribution in [0.2, 0.25) is 0 Å². The quantitative estimate of drug-likeness (QED) is 0.519. The summed E-state index contributed by atoms with van der Waals surface area (Å²) in [5.41, 5.74) is 2.47. The van der Waals surface area contributed by atoms with E-state index in [4.69, 9.17) is 4.52 Å². The Labute approximate surface area is 171 Å². The largest absolute Gasteiger partial charge is 0.367 e. The molecule has 0 radical (unpaired) electrons. The molecule has 8 rings (SSSR count). The van der Waals surface area contributed by atoms with Gasteiger partial charge in [0.15, 0.2) is 11.5 Å². The topological polar surface area (TPSA) is 89.9 Å². The van der Waals surface area contributed by atoms with Crippen molar-refractivity contribution in [3.8, 4) is 0 Å². The van der Waals surface area contributed by atoms with Crippen molar-refractivity contribution in [3.63, 3.8) is 0 Å². The molecule has 2 aliphatic heterocycles. The van der Waals surface area contributed by atoms with Crippen LogP contribution in [0.4, 0.5) is 5.69 Å². The van der Waals surface area contributed by atoms with Gasteiger partial charge in [0, 0.05) is 30.4 Å². The van der Waals surface area contributed by atoms with Crippen LogP contribution >= 0.6 is 0 Å². The van der Waals surface area contributed by atoms with E-state index >= 15 is 0 Å². The van der Waals surface area contributed by atoms with Crippen LogP contribution in [0.3, 0.4) is 0 Å². The average Bonchev–Trinajstić information content (AvgIpc) is 3.31. The third-order valence-corrected chi connectivity index (χ3v) is 7.12. The van der Waals surface area contributed by atoms with Crippen molar-refractivity contribution in [2.45, 2.75) is 24.9 Å². The Morgan fingerprint density at radius 1 is 1.20 bits per heavy atom. The number of pyridine rings is 1. The van der Waals surface area contributed by atoms with Crippen LogP contribution in [0.1, 0.15) is 17.3 Å². The van der Waals surface area contributed by atoms with Crippen LogP contribution in [-0.4, -0.2) is 37.3 Å². The monoisotopic (exact) mass is 398 g/mol. The van der Waals surface area contributed by atoms with E-state index in [1.165, 1.54) is 16.6 Å². The van der Waals surface area contributed by atoms with Gasteiger partial charge in [0.25, 0.3) is 5.56 Å². The number of fused-ring (bicyclic) bond motifs is 2. The zero-order valence-electron chi connectivity index (χ0n) is 16.3. The summed E-state index contributed by atoms with van der Waals surface area (Å²) < 4.78 is 7.05. The number of piperidine rings is 1. The lowest BCUT2D eigenvalue weighted by atomic mass is 10.1. The number of benzene rings is 1. The lowest BCUT2D eigenvalue weighted by Crippen LogP contribution is -2.23. The average molecular weight is 398 g/mol. The highest BCUT2D eigenvalue weighted by Gasteiger charge is 2.95. The van der Waals surface area contributed by atoms with Gasteiger partial charge in [0.2, 0.25) is 5.89 Å². The van der Waals surface area contributed by atoms with E-state index in [1.807, 2.05) is 19.1 Å². The number of aryl methyl sites for hydroxylation is 1. The third kappa shape index (κ3) is 1.89. The molecule has 4 atom stereocenters. The van der Waals surface area contributed by atoms with E-state index in [0.717, 1.165) is 17.9 Å². The van der Waals surface area contributed by atoms with Crippen LogP contribution in [0.25, 0.3) is 11.0 Å². The lowest BCUT2D eigenvalue weighted by Gasteiger charge is -2.18. The summed E-state index contributed by atoms with van der Waals surface area (Å²) in [7, 11) is 0. The summed E-state index contributed by atoms with van der Waals surface area (Å²) >= 11 is 0. The van der Waals surface area contributed by atoms with Gasteiger partial charge in [0.05, 0.1) is 10.8 Å². The van der Waals surface area contributed by atoms with Crippen molar-refractivity contribution in [2.24, 2.45) is 11.8 Å². The van der Waals surface area contributed by atoms with Crippen LogP contribution in [0.15, 0.2) is 58.2 Å². The zero-order valence-corrected chi connectivity index (χ0v) is 16.3. The first-order valence-electron chi connectivity index (χ1n) is 10.1. The number of nitrogens with zero attached hydrogens (tertiary/aromatic N) is 6. The smallest absolute Gasteiger partial charge is 0.263 e. The van der Waals surface area contributed by atoms with Gasteiger partial charge >= 0.3 is 0 Å². The molecule has 0 spiro atoms. The number of hydrogen-bond donors (Lipinski definition) is 0. The Hall–Kier alpha value is -3.55. The fourth-order valence-corrected chi connectivity index (χ4v) is 5.60. The Balaban J connectivity index is 1.17. The van der Waals surface area contributed by atoms with Gasteiger partial charge in [-0.25, -0.2) is 9.97 Å². The summed E-state index contributed by atoms with van der Waals surface area (Å²) in [5.74, 6) is 2.46. The van der Waals surface area contributed by atoms with Gasteiger partial charge in [-0.1, -0.05) is 23.4 Å². The molecule has 8 nitrogen and oxygen atoms in total. The van der Waals surface area contributed by atoms with Gasteiger partial charge < -0.3 is 9.42 Å². The predicted octanol–water partition coefficient (Wildman–Crippen LogP) is 1.92. The molecule has 0 N–H and O–H groups in total. The van der Waals surface area contributed by atoms with E-state index in [0.29, 0.717) is 34.8 Å². The fourth-order valence-electron chi connectivity index (χ4n) is 5.60. The first-order valence-corrected chi connectivity index (χ1v) is 10.1. The highest BCUT2D eigenvalue weighted by molar-refractivity contribution is 5.76. The molecule has 3 aromatic heterocycles. The minimum atomic E-state index is -0.144. The maximum atomic E-state index is 12.9. The summed E-state index contributed by atoms with van der Waals surface area (Å²) in [4.78, 5) is 28.5. The SMILES string of the molecule is Cc1ccnc2ncn(Cc3nc([C@]45C6[C@H]4[C@H]5CN6c4ccccc4)no3)c(=O)c12. The Bertz CT molecular complexity index is 1370. The molecule has 2 saturated carbocycles. The first kappa shape index (κ1) is 16.3. The molecule has 2 saturated heterocycles. The van der Waals surface area contributed by atoms with Crippen molar-refractivity contribution < 1.29 is 4.52 Å². The molecule has 4 fully saturated rings. The van der Waals surface area contributed by atoms with Crippen molar-refractivity contribution in [2.75, 3.05) is 11.4 Å². The summed E-state index contributed by atoms with van der Waals surface area (Å²) in [6, 6.07) is 12.8. The van der Waals surface area contributed by atoms with E-state index < -0.39 is 0 Å². The van der Waals surface area contributed by atoms with Gasteiger partial charge in [-0.3, -0.25) is 9.36 Å². The fraction of sp³-hybridized carbons (Fsp3) is 0.318. The maximum absolute atomic E-state index is 12.9. The van der Waals surface area contributed by atoms with Crippen LogP contribution in [0.5, 0.6) is 0 Å².